The van der Waals surface area contributed by atoms with E-state index in [1.807, 2.05) is 12.1 Å². The predicted molar refractivity (Wildman–Crippen MR) is 93.9 cm³/mol. The summed E-state index contributed by atoms with van der Waals surface area (Å²) in [5.41, 5.74) is 5.54. The molecule has 0 amide bonds. The first kappa shape index (κ1) is 16.8. The lowest BCUT2D eigenvalue weighted by atomic mass is 10.0. The molecule has 3 rings (SSSR count). The van der Waals surface area contributed by atoms with Gasteiger partial charge in [-0.05, 0) is 29.8 Å². The smallest absolute Gasteiger partial charge is 0.300 e. The first-order chi connectivity index (χ1) is 11.1. The largest absolute Gasteiger partial charge is 0.492 e. The fourth-order valence-electron chi connectivity index (χ4n) is 2.38. The summed E-state index contributed by atoms with van der Waals surface area (Å²) in [7, 11) is 0. The van der Waals surface area contributed by atoms with E-state index in [0.717, 1.165) is 19.1 Å². The fourth-order valence-corrected chi connectivity index (χ4v) is 2.38. The summed E-state index contributed by atoms with van der Waals surface area (Å²) in [6.07, 6.45) is 0.873. The molecule has 3 N–H and O–H groups in total. The molecular formula is C19H21NO3. The molecule has 0 bridgehead atoms. The van der Waals surface area contributed by atoms with Gasteiger partial charge in [0.05, 0.1) is 6.61 Å². The lowest BCUT2D eigenvalue weighted by Crippen LogP contribution is -2.06. The molecule has 23 heavy (non-hydrogen) atoms. The molecule has 0 aliphatic rings. The van der Waals surface area contributed by atoms with E-state index in [1.165, 1.54) is 21.5 Å². The lowest BCUT2D eigenvalue weighted by molar-refractivity contribution is -0.134. The molecule has 0 atom stereocenters. The van der Waals surface area contributed by atoms with Crippen molar-refractivity contribution in [2.75, 3.05) is 13.2 Å². The van der Waals surface area contributed by atoms with E-state index in [-0.39, 0.29) is 0 Å². The number of fused-ring (bicyclic) bond motifs is 2. The molecule has 0 saturated heterocycles. The standard InChI is InChI=1S/C17H17NO.C2H4O2/c18-10-5-11-19-17-15-8-3-1-6-13(15)12-14-7-2-4-9-16(14)17;1-2(3)4/h1-4,6-9,12H,5,10-11,18H2;1H3,(H,3,4). The van der Waals surface area contributed by atoms with Crippen LogP contribution in [0.4, 0.5) is 0 Å². The van der Waals surface area contributed by atoms with Crippen molar-refractivity contribution in [1.82, 2.24) is 0 Å². The zero-order chi connectivity index (χ0) is 16.7. The minimum Gasteiger partial charge on any atom is -0.492 e. The highest BCUT2D eigenvalue weighted by Crippen LogP contribution is 2.34. The van der Waals surface area contributed by atoms with Crippen molar-refractivity contribution in [1.29, 1.82) is 0 Å². The molecule has 0 fully saturated rings. The number of hydrogen-bond donors (Lipinski definition) is 2. The Morgan fingerprint density at radius 2 is 1.52 bits per heavy atom. The maximum absolute atomic E-state index is 9.00. The zero-order valence-corrected chi connectivity index (χ0v) is 13.2. The number of hydrogen-bond acceptors (Lipinski definition) is 3. The molecule has 0 heterocycles. The van der Waals surface area contributed by atoms with Crippen LogP contribution in [0.5, 0.6) is 5.75 Å². The quantitative estimate of drug-likeness (QED) is 0.567. The minimum absolute atomic E-state index is 0.655. The third-order valence-electron chi connectivity index (χ3n) is 3.32. The van der Waals surface area contributed by atoms with E-state index < -0.39 is 5.97 Å². The summed E-state index contributed by atoms with van der Waals surface area (Å²) in [4.78, 5) is 9.00. The fraction of sp³-hybridized carbons (Fsp3) is 0.211. The highest BCUT2D eigenvalue weighted by molar-refractivity contribution is 6.05. The van der Waals surface area contributed by atoms with Crippen molar-refractivity contribution >= 4 is 27.5 Å². The van der Waals surface area contributed by atoms with E-state index in [1.54, 1.807) is 0 Å². The van der Waals surface area contributed by atoms with E-state index >= 15 is 0 Å². The Balaban J connectivity index is 0.000000433. The topological polar surface area (TPSA) is 72.5 Å². The molecule has 0 radical (unpaired) electrons. The monoisotopic (exact) mass is 311 g/mol. The summed E-state index contributed by atoms with van der Waals surface area (Å²) in [6.45, 7) is 2.40. The summed E-state index contributed by atoms with van der Waals surface area (Å²) in [5, 5.41) is 12.2. The van der Waals surface area contributed by atoms with E-state index in [9.17, 15) is 0 Å². The van der Waals surface area contributed by atoms with Gasteiger partial charge in [0, 0.05) is 17.7 Å². The van der Waals surface area contributed by atoms with Gasteiger partial charge in [-0.25, -0.2) is 0 Å². The lowest BCUT2D eigenvalue weighted by Gasteiger charge is -2.12. The SMILES string of the molecule is CC(=O)O.NCCCOc1c2ccccc2cc2ccccc12. The number of carbonyl (C=O) groups is 1. The van der Waals surface area contributed by atoms with Crippen molar-refractivity contribution in [3.05, 3.63) is 54.6 Å². The number of benzene rings is 3. The second-order valence-corrected chi connectivity index (χ2v) is 5.16. The van der Waals surface area contributed by atoms with Crippen LogP contribution in [0.15, 0.2) is 54.6 Å². The molecule has 0 aliphatic heterocycles. The Bertz CT molecular complexity index is 741. The van der Waals surface area contributed by atoms with Gasteiger partial charge < -0.3 is 15.6 Å². The minimum atomic E-state index is -0.833. The van der Waals surface area contributed by atoms with Crippen LogP contribution in [0.2, 0.25) is 0 Å². The maximum Gasteiger partial charge on any atom is 0.300 e. The molecule has 120 valence electrons. The number of nitrogens with two attached hydrogens (primary N) is 1. The summed E-state index contributed by atoms with van der Waals surface area (Å²) in [6, 6.07) is 18.9. The van der Waals surface area contributed by atoms with Crippen molar-refractivity contribution in [2.45, 2.75) is 13.3 Å². The number of ether oxygens (including phenoxy) is 1. The molecule has 3 aromatic carbocycles. The molecular weight excluding hydrogens is 290 g/mol. The molecule has 0 unspecified atom stereocenters. The molecule has 0 saturated carbocycles. The molecule has 3 aromatic rings. The first-order valence-corrected chi connectivity index (χ1v) is 7.56. The first-order valence-electron chi connectivity index (χ1n) is 7.56. The van der Waals surface area contributed by atoms with Gasteiger partial charge in [-0.3, -0.25) is 4.79 Å². The van der Waals surface area contributed by atoms with Gasteiger partial charge in [0.25, 0.3) is 5.97 Å². The maximum atomic E-state index is 9.00. The van der Waals surface area contributed by atoms with Gasteiger partial charge >= 0.3 is 0 Å². The van der Waals surface area contributed by atoms with Crippen molar-refractivity contribution in [3.8, 4) is 5.75 Å². The molecule has 4 nitrogen and oxygen atoms in total. The Morgan fingerprint density at radius 3 is 2.00 bits per heavy atom. The average molecular weight is 311 g/mol. The van der Waals surface area contributed by atoms with Crippen LogP contribution >= 0.6 is 0 Å². The Morgan fingerprint density at radius 1 is 1.04 bits per heavy atom. The van der Waals surface area contributed by atoms with Crippen LogP contribution in [0.3, 0.4) is 0 Å². The van der Waals surface area contributed by atoms with Crippen molar-refractivity contribution in [2.24, 2.45) is 5.73 Å². The van der Waals surface area contributed by atoms with Crippen molar-refractivity contribution in [3.63, 3.8) is 0 Å². The van der Waals surface area contributed by atoms with E-state index in [0.29, 0.717) is 13.2 Å². The summed E-state index contributed by atoms with van der Waals surface area (Å²) >= 11 is 0. The van der Waals surface area contributed by atoms with Crippen LogP contribution in [0.1, 0.15) is 13.3 Å². The van der Waals surface area contributed by atoms with Gasteiger partial charge in [0.15, 0.2) is 0 Å². The van der Waals surface area contributed by atoms with Gasteiger partial charge in [-0.2, -0.15) is 0 Å². The van der Waals surface area contributed by atoms with Crippen LogP contribution < -0.4 is 10.5 Å². The molecule has 0 spiro atoms. The summed E-state index contributed by atoms with van der Waals surface area (Å²) < 4.78 is 5.99. The Labute approximate surface area is 135 Å². The highest BCUT2D eigenvalue weighted by atomic mass is 16.5. The Hall–Kier alpha value is -2.59. The van der Waals surface area contributed by atoms with Gasteiger partial charge in [-0.15, -0.1) is 0 Å². The van der Waals surface area contributed by atoms with Crippen LogP contribution in [-0.4, -0.2) is 24.2 Å². The normalized spacial score (nSPS) is 10.2. The van der Waals surface area contributed by atoms with E-state index in [4.69, 9.17) is 20.4 Å². The van der Waals surface area contributed by atoms with Crippen molar-refractivity contribution < 1.29 is 14.6 Å². The zero-order valence-electron chi connectivity index (χ0n) is 13.2. The highest BCUT2D eigenvalue weighted by Gasteiger charge is 2.07. The number of carboxylic acids is 1. The van der Waals surface area contributed by atoms with Crippen LogP contribution in [0, 0.1) is 0 Å². The second-order valence-electron chi connectivity index (χ2n) is 5.16. The third kappa shape index (κ3) is 4.44. The third-order valence-corrected chi connectivity index (χ3v) is 3.32. The number of rotatable bonds is 4. The Kier molecular flexibility index (Phi) is 5.94. The van der Waals surface area contributed by atoms with E-state index in [2.05, 4.69) is 42.5 Å². The molecule has 0 aromatic heterocycles. The number of carboxylic acid groups (broad SMARTS) is 1. The van der Waals surface area contributed by atoms with Crippen LogP contribution in [-0.2, 0) is 4.79 Å². The average Bonchev–Trinajstić information content (AvgIpc) is 2.54. The van der Waals surface area contributed by atoms with Gasteiger partial charge in [0.1, 0.15) is 5.75 Å². The van der Waals surface area contributed by atoms with Gasteiger partial charge in [-0.1, -0.05) is 48.5 Å². The predicted octanol–water partition coefficient (Wildman–Crippen LogP) is 3.81. The summed E-state index contributed by atoms with van der Waals surface area (Å²) in [5.74, 6) is 0.141. The number of aliphatic carboxylic acids is 1. The molecule has 0 aliphatic carbocycles. The molecule has 4 heteroatoms. The van der Waals surface area contributed by atoms with Gasteiger partial charge in [0.2, 0.25) is 0 Å². The van der Waals surface area contributed by atoms with Crippen LogP contribution in [0.25, 0.3) is 21.5 Å². The second kappa shape index (κ2) is 8.15.